The number of carbonyl (C=O) groups is 1. The van der Waals surface area contributed by atoms with Gasteiger partial charge in [-0.25, -0.2) is 0 Å². The number of rotatable bonds is 5. The van der Waals surface area contributed by atoms with Crippen molar-refractivity contribution in [2.45, 2.75) is 11.6 Å². The molecule has 9 heteroatoms. The molecule has 1 fully saturated rings. The van der Waals surface area contributed by atoms with E-state index in [9.17, 15) is 26.4 Å². The zero-order valence-electron chi connectivity index (χ0n) is 10.7. The molecule has 0 aromatic heterocycles. The van der Waals surface area contributed by atoms with Gasteiger partial charge in [-0.05, 0) is 0 Å². The number of Topliss-reactive ketones (excluding diaryl/α,β-unsaturated/α-hetero) is 1. The van der Waals surface area contributed by atoms with Crippen LogP contribution in [0.5, 0.6) is 0 Å². The van der Waals surface area contributed by atoms with Crippen LogP contribution in [0.2, 0.25) is 0 Å². The average Bonchev–Trinajstić information content (AvgIpc) is 2.35. The third-order valence-electron chi connectivity index (χ3n) is 2.93. The molecule has 0 atom stereocenters. The zero-order chi connectivity index (χ0) is 15.7. The molecule has 2 rings (SSSR count). The van der Waals surface area contributed by atoms with Gasteiger partial charge in [-0.15, -0.1) is 0 Å². The number of hydrogen-bond acceptors (Lipinski definition) is 5. The van der Waals surface area contributed by atoms with Crippen LogP contribution in [0.25, 0.3) is 0 Å². The van der Waals surface area contributed by atoms with Crippen LogP contribution in [-0.4, -0.2) is 50.3 Å². The normalized spacial score (nSPS) is 17.5. The van der Waals surface area contributed by atoms with E-state index in [4.69, 9.17) is 0 Å². The summed E-state index contributed by atoms with van der Waals surface area (Å²) in [7, 11) is -5.57. The Morgan fingerprint density at radius 3 is 2.33 bits per heavy atom. The molecule has 1 heterocycles. The van der Waals surface area contributed by atoms with Crippen molar-refractivity contribution in [2.75, 3.05) is 19.6 Å². The second kappa shape index (κ2) is 5.74. The number of carbonyl (C=O) groups excluding carboxylic acids is 1. The molecule has 116 valence electrons. The first kappa shape index (κ1) is 15.9. The molecule has 0 amide bonds. The molecule has 1 saturated heterocycles. The van der Waals surface area contributed by atoms with E-state index in [1.807, 2.05) is 0 Å². The fourth-order valence-electron chi connectivity index (χ4n) is 1.86. The summed E-state index contributed by atoms with van der Waals surface area (Å²) in [6, 6.07) is 8.41. The summed E-state index contributed by atoms with van der Waals surface area (Å²) < 4.78 is 61.9. The lowest BCUT2D eigenvalue weighted by Crippen LogP contribution is -2.55. The summed E-state index contributed by atoms with van der Waals surface area (Å²) in [4.78, 5) is 13.3. The summed E-state index contributed by atoms with van der Waals surface area (Å²) in [6.07, 6.45) is -1.07. The van der Waals surface area contributed by atoms with E-state index in [0.29, 0.717) is 5.56 Å². The molecule has 0 spiro atoms. The van der Waals surface area contributed by atoms with E-state index in [2.05, 4.69) is 4.18 Å². The Labute approximate surface area is 119 Å². The highest BCUT2D eigenvalue weighted by Crippen LogP contribution is 2.27. The van der Waals surface area contributed by atoms with Crippen LogP contribution in [0.4, 0.5) is 13.2 Å². The lowest BCUT2D eigenvalue weighted by Gasteiger charge is -2.37. The molecule has 1 aliphatic heterocycles. The topological polar surface area (TPSA) is 63.7 Å². The predicted octanol–water partition coefficient (Wildman–Crippen LogP) is 1.42. The Morgan fingerprint density at radius 1 is 1.24 bits per heavy atom. The van der Waals surface area contributed by atoms with Crippen molar-refractivity contribution < 1.29 is 30.6 Å². The molecule has 1 aromatic carbocycles. The van der Waals surface area contributed by atoms with Crippen molar-refractivity contribution in [3.8, 4) is 0 Å². The minimum atomic E-state index is -5.57. The first-order valence-corrected chi connectivity index (χ1v) is 7.40. The van der Waals surface area contributed by atoms with Gasteiger partial charge >= 0.3 is 15.6 Å². The first-order valence-electron chi connectivity index (χ1n) is 5.99. The van der Waals surface area contributed by atoms with E-state index in [0.717, 1.165) is 0 Å². The Kier molecular flexibility index (Phi) is 4.35. The summed E-state index contributed by atoms with van der Waals surface area (Å²) in [5, 5.41) is 0. The number of benzene rings is 1. The van der Waals surface area contributed by atoms with E-state index in [-0.39, 0.29) is 25.4 Å². The lowest BCUT2D eigenvalue weighted by molar-refractivity contribution is -0.0658. The fraction of sp³-hybridized carbons (Fsp3) is 0.417. The maximum Gasteiger partial charge on any atom is 0.523 e. The van der Waals surface area contributed by atoms with Gasteiger partial charge in [0.2, 0.25) is 0 Å². The number of nitrogens with zero attached hydrogens (tertiary/aromatic N) is 1. The average molecular weight is 323 g/mol. The zero-order valence-corrected chi connectivity index (χ0v) is 11.5. The Hall–Kier alpha value is -1.45. The van der Waals surface area contributed by atoms with Gasteiger partial charge in [0.05, 0.1) is 6.54 Å². The maximum atomic E-state index is 12.1. The summed E-state index contributed by atoms with van der Waals surface area (Å²) >= 11 is 0. The van der Waals surface area contributed by atoms with Crippen molar-refractivity contribution >= 4 is 15.9 Å². The standard InChI is InChI=1S/C12H12F3NO4S/c13-12(14,15)21(18,19)20-10-6-16(7-10)8-11(17)9-4-2-1-3-5-9/h1-5,10H,6-8H2. The van der Waals surface area contributed by atoms with Gasteiger partial charge in [0.15, 0.2) is 5.78 Å². The lowest BCUT2D eigenvalue weighted by atomic mass is 10.1. The van der Waals surface area contributed by atoms with Crippen LogP contribution in [0.3, 0.4) is 0 Å². The highest BCUT2D eigenvalue weighted by Gasteiger charge is 2.50. The minimum Gasteiger partial charge on any atom is -0.293 e. The smallest absolute Gasteiger partial charge is 0.293 e. The summed E-state index contributed by atoms with van der Waals surface area (Å²) in [5.41, 5.74) is -4.93. The Balaban J connectivity index is 1.82. The van der Waals surface area contributed by atoms with Crippen LogP contribution in [-0.2, 0) is 14.3 Å². The Bertz CT molecular complexity index is 609. The molecule has 0 N–H and O–H groups in total. The van der Waals surface area contributed by atoms with Gasteiger partial charge in [-0.1, -0.05) is 30.3 Å². The number of halogens is 3. The molecule has 21 heavy (non-hydrogen) atoms. The van der Waals surface area contributed by atoms with Crippen LogP contribution in [0, 0.1) is 0 Å². The summed E-state index contributed by atoms with van der Waals surface area (Å²) in [6.45, 7) is -0.0578. The van der Waals surface area contributed by atoms with Gasteiger partial charge in [-0.3, -0.25) is 13.9 Å². The third kappa shape index (κ3) is 3.80. The van der Waals surface area contributed by atoms with Crippen molar-refractivity contribution in [3.05, 3.63) is 35.9 Å². The van der Waals surface area contributed by atoms with E-state index < -0.39 is 21.7 Å². The van der Waals surface area contributed by atoms with Crippen LogP contribution < -0.4 is 0 Å². The molecule has 1 aliphatic rings. The highest BCUT2D eigenvalue weighted by molar-refractivity contribution is 7.87. The van der Waals surface area contributed by atoms with Crippen molar-refractivity contribution in [1.82, 2.24) is 4.90 Å². The van der Waals surface area contributed by atoms with Gasteiger partial charge in [-0.2, -0.15) is 21.6 Å². The van der Waals surface area contributed by atoms with Gasteiger partial charge in [0, 0.05) is 18.7 Å². The second-order valence-corrected chi connectivity index (χ2v) is 6.16. The van der Waals surface area contributed by atoms with Crippen molar-refractivity contribution in [3.63, 3.8) is 0 Å². The predicted molar refractivity (Wildman–Crippen MR) is 67.1 cm³/mol. The van der Waals surface area contributed by atoms with Gasteiger partial charge in [0.25, 0.3) is 0 Å². The Morgan fingerprint density at radius 2 is 1.81 bits per heavy atom. The molecule has 0 saturated carbocycles. The minimum absolute atomic E-state index is 0.00986. The monoisotopic (exact) mass is 323 g/mol. The molecular formula is C12H12F3NO4S. The van der Waals surface area contributed by atoms with E-state index in [1.54, 1.807) is 30.3 Å². The van der Waals surface area contributed by atoms with Gasteiger partial charge in [0.1, 0.15) is 6.10 Å². The fourth-order valence-corrected chi connectivity index (χ4v) is 2.45. The van der Waals surface area contributed by atoms with Crippen molar-refractivity contribution in [1.29, 1.82) is 0 Å². The molecule has 0 unspecified atom stereocenters. The second-order valence-electron chi connectivity index (χ2n) is 4.60. The van der Waals surface area contributed by atoms with Crippen LogP contribution >= 0.6 is 0 Å². The molecule has 0 radical (unpaired) electrons. The van der Waals surface area contributed by atoms with Crippen LogP contribution in [0.1, 0.15) is 10.4 Å². The SMILES string of the molecule is O=C(CN1CC(OS(=O)(=O)C(F)(F)F)C1)c1ccccc1. The van der Waals surface area contributed by atoms with Crippen LogP contribution in [0.15, 0.2) is 30.3 Å². The molecule has 0 aliphatic carbocycles. The molecule has 0 bridgehead atoms. The number of likely N-dealkylation sites (tertiary alicyclic amines) is 1. The van der Waals surface area contributed by atoms with Crippen molar-refractivity contribution in [2.24, 2.45) is 0 Å². The number of alkyl halides is 3. The van der Waals surface area contributed by atoms with Gasteiger partial charge < -0.3 is 0 Å². The van der Waals surface area contributed by atoms with E-state index >= 15 is 0 Å². The molecular weight excluding hydrogens is 311 g/mol. The van der Waals surface area contributed by atoms with E-state index in [1.165, 1.54) is 4.90 Å². The summed E-state index contributed by atoms with van der Waals surface area (Å²) in [5.74, 6) is -0.187. The first-order chi connectivity index (χ1) is 9.69. The largest absolute Gasteiger partial charge is 0.523 e. The highest BCUT2D eigenvalue weighted by atomic mass is 32.2. The quantitative estimate of drug-likeness (QED) is 0.466. The molecule has 1 aromatic rings. The molecule has 5 nitrogen and oxygen atoms in total. The third-order valence-corrected chi connectivity index (χ3v) is 4.03. The maximum absolute atomic E-state index is 12.1. The number of hydrogen-bond donors (Lipinski definition) is 0. The number of ketones is 1.